The van der Waals surface area contributed by atoms with Crippen LogP contribution >= 0.6 is 0 Å². The molecule has 0 radical (unpaired) electrons. The van der Waals surface area contributed by atoms with Crippen molar-refractivity contribution in [1.82, 2.24) is 14.3 Å². The standard InChI is InChI=1S/C16H21N3O3/c1-5-22-14(20)11-19(16(2,3)4)15(21)12-6-7-13-17-8-9-18(13)10-12/h6-10H,5,11H2,1-4H3. The molecular weight excluding hydrogens is 282 g/mol. The molecule has 0 unspecified atom stereocenters. The maximum atomic E-state index is 12.8. The first-order chi connectivity index (χ1) is 10.3. The molecule has 6 heteroatoms. The molecule has 0 N–H and O–H groups in total. The zero-order valence-corrected chi connectivity index (χ0v) is 13.4. The predicted molar refractivity (Wildman–Crippen MR) is 82.6 cm³/mol. The second-order valence-corrected chi connectivity index (χ2v) is 5.98. The Kier molecular flexibility index (Phi) is 4.49. The van der Waals surface area contributed by atoms with Crippen LogP contribution in [0.25, 0.3) is 5.65 Å². The molecule has 0 saturated heterocycles. The zero-order valence-electron chi connectivity index (χ0n) is 13.4. The Bertz CT molecular complexity index is 685. The summed E-state index contributed by atoms with van der Waals surface area (Å²) in [6, 6.07) is 3.49. The van der Waals surface area contributed by atoms with Gasteiger partial charge in [0.25, 0.3) is 5.91 Å². The van der Waals surface area contributed by atoms with Gasteiger partial charge in [0.15, 0.2) is 0 Å². The first kappa shape index (κ1) is 16.0. The number of hydrogen-bond donors (Lipinski definition) is 0. The fraction of sp³-hybridized carbons (Fsp3) is 0.438. The van der Waals surface area contributed by atoms with E-state index in [-0.39, 0.29) is 12.5 Å². The number of aromatic nitrogens is 2. The summed E-state index contributed by atoms with van der Waals surface area (Å²) >= 11 is 0. The van der Waals surface area contributed by atoms with Crippen LogP contribution in [-0.2, 0) is 9.53 Å². The van der Waals surface area contributed by atoms with Crippen molar-refractivity contribution in [1.29, 1.82) is 0 Å². The van der Waals surface area contributed by atoms with Crippen LogP contribution in [0.1, 0.15) is 38.1 Å². The molecule has 0 saturated carbocycles. The molecule has 0 aromatic carbocycles. The summed E-state index contributed by atoms with van der Waals surface area (Å²) in [5, 5.41) is 0. The monoisotopic (exact) mass is 303 g/mol. The highest BCUT2D eigenvalue weighted by molar-refractivity contribution is 5.96. The summed E-state index contributed by atoms with van der Waals surface area (Å²) in [6.07, 6.45) is 5.16. The number of amides is 1. The third kappa shape index (κ3) is 3.44. The van der Waals surface area contributed by atoms with Crippen LogP contribution in [0.2, 0.25) is 0 Å². The number of carbonyl (C=O) groups is 2. The number of esters is 1. The number of ether oxygens (including phenoxy) is 1. The van der Waals surface area contributed by atoms with Gasteiger partial charge in [0.2, 0.25) is 0 Å². The Morgan fingerprint density at radius 2 is 2.05 bits per heavy atom. The van der Waals surface area contributed by atoms with Crippen molar-refractivity contribution >= 4 is 17.5 Å². The van der Waals surface area contributed by atoms with Crippen LogP contribution < -0.4 is 0 Å². The predicted octanol–water partition coefficient (Wildman–Crippen LogP) is 2.14. The first-order valence-corrected chi connectivity index (χ1v) is 7.23. The quantitative estimate of drug-likeness (QED) is 0.812. The Morgan fingerprint density at radius 1 is 1.32 bits per heavy atom. The molecule has 0 aliphatic rings. The van der Waals surface area contributed by atoms with E-state index in [1.165, 1.54) is 4.90 Å². The van der Waals surface area contributed by atoms with E-state index in [1.54, 1.807) is 42.0 Å². The average molecular weight is 303 g/mol. The number of nitrogens with zero attached hydrogens (tertiary/aromatic N) is 3. The van der Waals surface area contributed by atoms with Gasteiger partial charge in [0.1, 0.15) is 12.2 Å². The molecule has 1 amide bonds. The molecule has 2 rings (SSSR count). The van der Waals surface area contributed by atoms with Crippen LogP contribution in [0.4, 0.5) is 0 Å². The third-order valence-electron chi connectivity index (χ3n) is 3.28. The SMILES string of the molecule is CCOC(=O)CN(C(=O)c1ccc2nccn2c1)C(C)(C)C. The van der Waals surface area contributed by atoms with E-state index in [0.717, 1.165) is 5.65 Å². The second-order valence-electron chi connectivity index (χ2n) is 5.98. The number of rotatable bonds is 4. The Hall–Kier alpha value is -2.37. The molecule has 0 aliphatic heterocycles. The fourth-order valence-electron chi connectivity index (χ4n) is 2.15. The van der Waals surface area contributed by atoms with Crippen LogP contribution in [0.3, 0.4) is 0 Å². The summed E-state index contributed by atoms with van der Waals surface area (Å²) in [7, 11) is 0. The van der Waals surface area contributed by atoms with Crippen LogP contribution in [0, 0.1) is 0 Å². The molecule has 0 spiro atoms. The number of pyridine rings is 1. The molecule has 118 valence electrons. The maximum absolute atomic E-state index is 12.8. The maximum Gasteiger partial charge on any atom is 0.325 e. The van der Waals surface area contributed by atoms with Gasteiger partial charge >= 0.3 is 5.97 Å². The summed E-state index contributed by atoms with van der Waals surface area (Å²) in [5.41, 5.74) is 0.780. The smallest absolute Gasteiger partial charge is 0.325 e. The van der Waals surface area contributed by atoms with E-state index in [1.807, 2.05) is 20.8 Å². The lowest BCUT2D eigenvalue weighted by molar-refractivity contribution is -0.144. The van der Waals surface area contributed by atoms with Crippen molar-refractivity contribution in [3.05, 3.63) is 36.3 Å². The summed E-state index contributed by atoms with van der Waals surface area (Å²) in [4.78, 5) is 30.2. The largest absolute Gasteiger partial charge is 0.465 e. The molecule has 0 fully saturated rings. The highest BCUT2D eigenvalue weighted by atomic mass is 16.5. The number of fused-ring (bicyclic) bond motifs is 1. The van der Waals surface area contributed by atoms with E-state index in [2.05, 4.69) is 4.98 Å². The minimum Gasteiger partial charge on any atom is -0.465 e. The van der Waals surface area contributed by atoms with Gasteiger partial charge in [-0.1, -0.05) is 0 Å². The van der Waals surface area contributed by atoms with E-state index >= 15 is 0 Å². The van der Waals surface area contributed by atoms with Crippen LogP contribution in [-0.4, -0.2) is 44.9 Å². The van der Waals surface area contributed by atoms with E-state index in [9.17, 15) is 9.59 Å². The zero-order chi connectivity index (χ0) is 16.3. The molecule has 2 heterocycles. The highest BCUT2D eigenvalue weighted by Gasteiger charge is 2.30. The molecule has 22 heavy (non-hydrogen) atoms. The summed E-state index contributed by atoms with van der Waals surface area (Å²) in [6.45, 7) is 7.64. The second kappa shape index (κ2) is 6.17. The lowest BCUT2D eigenvalue weighted by Crippen LogP contribution is -2.48. The van der Waals surface area contributed by atoms with E-state index in [0.29, 0.717) is 12.2 Å². The lowest BCUT2D eigenvalue weighted by Gasteiger charge is -2.34. The first-order valence-electron chi connectivity index (χ1n) is 7.23. The van der Waals surface area contributed by atoms with Gasteiger partial charge in [0, 0.05) is 24.1 Å². The summed E-state index contributed by atoms with van der Waals surface area (Å²) < 4.78 is 6.74. The molecule has 2 aromatic rings. The Labute approximate surface area is 129 Å². The van der Waals surface area contributed by atoms with Gasteiger partial charge in [-0.2, -0.15) is 0 Å². The topological polar surface area (TPSA) is 63.9 Å². The van der Waals surface area contributed by atoms with E-state index < -0.39 is 11.5 Å². The van der Waals surface area contributed by atoms with Crippen molar-refractivity contribution in [2.75, 3.05) is 13.2 Å². The normalized spacial score (nSPS) is 11.5. The van der Waals surface area contributed by atoms with Crippen molar-refractivity contribution < 1.29 is 14.3 Å². The van der Waals surface area contributed by atoms with Crippen molar-refractivity contribution in [3.8, 4) is 0 Å². The van der Waals surface area contributed by atoms with Crippen LogP contribution in [0.15, 0.2) is 30.7 Å². The van der Waals surface area contributed by atoms with Gasteiger partial charge in [-0.3, -0.25) is 9.59 Å². The third-order valence-corrected chi connectivity index (χ3v) is 3.28. The van der Waals surface area contributed by atoms with Gasteiger partial charge in [0.05, 0.1) is 12.2 Å². The van der Waals surface area contributed by atoms with Gasteiger partial charge in [-0.25, -0.2) is 4.98 Å². The average Bonchev–Trinajstić information content (AvgIpc) is 2.90. The van der Waals surface area contributed by atoms with Gasteiger partial charge < -0.3 is 14.0 Å². The number of carbonyl (C=O) groups excluding carboxylic acids is 2. The Morgan fingerprint density at radius 3 is 2.68 bits per heavy atom. The van der Waals surface area contributed by atoms with Gasteiger partial charge in [-0.15, -0.1) is 0 Å². The molecule has 0 bridgehead atoms. The van der Waals surface area contributed by atoms with Crippen molar-refractivity contribution in [3.63, 3.8) is 0 Å². The molecular formula is C16H21N3O3. The lowest BCUT2D eigenvalue weighted by atomic mass is 10.0. The Balaban J connectivity index is 2.29. The van der Waals surface area contributed by atoms with Crippen LogP contribution in [0.5, 0.6) is 0 Å². The number of imidazole rings is 1. The van der Waals surface area contributed by atoms with E-state index in [4.69, 9.17) is 4.74 Å². The minimum atomic E-state index is -0.492. The molecule has 2 aromatic heterocycles. The minimum absolute atomic E-state index is 0.0713. The van der Waals surface area contributed by atoms with Crippen molar-refractivity contribution in [2.45, 2.75) is 33.2 Å². The molecule has 0 aliphatic carbocycles. The van der Waals surface area contributed by atoms with Crippen molar-refractivity contribution in [2.24, 2.45) is 0 Å². The van der Waals surface area contributed by atoms with Gasteiger partial charge in [-0.05, 0) is 39.8 Å². The summed E-state index contributed by atoms with van der Waals surface area (Å²) in [5.74, 6) is -0.620. The number of hydrogen-bond acceptors (Lipinski definition) is 4. The fourth-order valence-corrected chi connectivity index (χ4v) is 2.15. The molecule has 6 nitrogen and oxygen atoms in total. The highest BCUT2D eigenvalue weighted by Crippen LogP contribution is 2.18. The molecule has 0 atom stereocenters.